The minimum atomic E-state index is -0.264. The number of carbonyl (C=O) groups excluding carboxylic acids is 1. The van der Waals surface area contributed by atoms with Crippen molar-refractivity contribution in [1.82, 2.24) is 10.3 Å². The summed E-state index contributed by atoms with van der Waals surface area (Å²) >= 11 is 0. The van der Waals surface area contributed by atoms with Gasteiger partial charge in [0.2, 0.25) is 0 Å². The second-order valence-corrected chi connectivity index (χ2v) is 6.39. The molecule has 0 aliphatic rings. The van der Waals surface area contributed by atoms with Crippen LogP contribution >= 0.6 is 24.8 Å². The van der Waals surface area contributed by atoms with Crippen molar-refractivity contribution >= 4 is 41.6 Å². The molecule has 0 saturated heterocycles. The molecule has 8 heteroatoms. The smallest absolute Gasteiger partial charge is 0.267 e. The molecule has 0 radical (unpaired) electrons. The fourth-order valence-electron chi connectivity index (χ4n) is 2.88. The third-order valence-corrected chi connectivity index (χ3v) is 4.35. The van der Waals surface area contributed by atoms with Gasteiger partial charge in [-0.1, -0.05) is 18.2 Å². The molecule has 0 aliphatic carbocycles. The standard InChI is InChI=1S/C20H23FN4O.2ClH/c21-16-6-3-13(4-7-16)14-5-8-18-15(10-14)11-19(25-18)20(26)24-12-17(23)2-1-9-22;;/h3-8,10-11,17,25H,1-2,9,12,22-23H2,(H,24,26);2*1H/t17-;;/m0../s1. The molecule has 2 aromatic carbocycles. The van der Waals surface area contributed by atoms with E-state index in [1.54, 1.807) is 12.1 Å². The number of aromatic amines is 1. The van der Waals surface area contributed by atoms with E-state index in [4.69, 9.17) is 11.5 Å². The van der Waals surface area contributed by atoms with Crippen LogP contribution < -0.4 is 16.8 Å². The Morgan fingerprint density at radius 1 is 1.07 bits per heavy atom. The number of rotatable bonds is 7. The van der Waals surface area contributed by atoms with Crippen LogP contribution in [-0.4, -0.2) is 30.0 Å². The summed E-state index contributed by atoms with van der Waals surface area (Å²) < 4.78 is 13.1. The summed E-state index contributed by atoms with van der Waals surface area (Å²) in [5.41, 5.74) is 14.7. The molecule has 0 saturated carbocycles. The molecule has 0 fully saturated rings. The van der Waals surface area contributed by atoms with Crippen LogP contribution in [-0.2, 0) is 0 Å². The topological polar surface area (TPSA) is 96.9 Å². The maximum atomic E-state index is 13.1. The number of halogens is 3. The molecular weight excluding hydrogens is 402 g/mol. The van der Waals surface area contributed by atoms with Crippen molar-refractivity contribution in [1.29, 1.82) is 0 Å². The zero-order chi connectivity index (χ0) is 18.5. The molecule has 1 atom stereocenters. The van der Waals surface area contributed by atoms with Gasteiger partial charge in [-0.15, -0.1) is 24.8 Å². The predicted molar refractivity (Wildman–Crippen MR) is 117 cm³/mol. The van der Waals surface area contributed by atoms with Crippen LogP contribution in [0.2, 0.25) is 0 Å². The largest absolute Gasteiger partial charge is 0.351 e. The summed E-state index contributed by atoms with van der Waals surface area (Å²) in [7, 11) is 0. The van der Waals surface area contributed by atoms with E-state index in [1.807, 2.05) is 24.3 Å². The first-order valence-electron chi connectivity index (χ1n) is 8.69. The molecule has 28 heavy (non-hydrogen) atoms. The molecule has 0 aliphatic heterocycles. The number of benzene rings is 2. The van der Waals surface area contributed by atoms with E-state index in [9.17, 15) is 9.18 Å². The zero-order valence-corrected chi connectivity index (χ0v) is 16.9. The Labute approximate surface area is 175 Å². The highest BCUT2D eigenvalue weighted by molar-refractivity contribution is 5.98. The van der Waals surface area contributed by atoms with Gasteiger partial charge in [0.15, 0.2) is 0 Å². The van der Waals surface area contributed by atoms with Crippen molar-refractivity contribution < 1.29 is 9.18 Å². The molecule has 152 valence electrons. The van der Waals surface area contributed by atoms with Crippen molar-refractivity contribution in [2.45, 2.75) is 18.9 Å². The van der Waals surface area contributed by atoms with Gasteiger partial charge >= 0.3 is 0 Å². The maximum absolute atomic E-state index is 13.1. The molecule has 1 heterocycles. The van der Waals surface area contributed by atoms with E-state index in [2.05, 4.69) is 10.3 Å². The molecule has 0 bridgehead atoms. The van der Waals surface area contributed by atoms with E-state index in [0.717, 1.165) is 34.9 Å². The molecule has 3 aromatic rings. The third kappa shape index (κ3) is 5.94. The van der Waals surface area contributed by atoms with E-state index >= 15 is 0 Å². The first kappa shape index (κ1) is 23.9. The Morgan fingerprint density at radius 2 is 1.75 bits per heavy atom. The highest BCUT2D eigenvalue weighted by atomic mass is 35.5. The van der Waals surface area contributed by atoms with Gasteiger partial charge in [0, 0.05) is 23.5 Å². The molecule has 1 aromatic heterocycles. The molecule has 5 nitrogen and oxygen atoms in total. The van der Waals surface area contributed by atoms with Gasteiger partial charge in [-0.2, -0.15) is 0 Å². The minimum absolute atomic E-state index is 0. The molecule has 0 spiro atoms. The third-order valence-electron chi connectivity index (χ3n) is 4.35. The Balaban J connectivity index is 0.00000196. The number of amides is 1. The lowest BCUT2D eigenvalue weighted by Gasteiger charge is -2.11. The van der Waals surface area contributed by atoms with Crippen LogP contribution in [0.25, 0.3) is 22.0 Å². The normalized spacial score (nSPS) is 11.4. The SMILES string of the molecule is Cl.Cl.NCCC[C@H](N)CNC(=O)c1cc2cc(-c3ccc(F)cc3)ccc2[nH]1. The number of fused-ring (bicyclic) bond motifs is 1. The lowest BCUT2D eigenvalue weighted by molar-refractivity contribution is 0.0946. The van der Waals surface area contributed by atoms with Crippen LogP contribution in [0.3, 0.4) is 0 Å². The number of hydrogen-bond acceptors (Lipinski definition) is 3. The quantitative estimate of drug-likeness (QED) is 0.464. The van der Waals surface area contributed by atoms with Crippen LogP contribution in [0.5, 0.6) is 0 Å². The van der Waals surface area contributed by atoms with Gasteiger partial charge < -0.3 is 21.8 Å². The van der Waals surface area contributed by atoms with Gasteiger partial charge in [0.1, 0.15) is 11.5 Å². The highest BCUT2D eigenvalue weighted by Crippen LogP contribution is 2.25. The van der Waals surface area contributed by atoms with Gasteiger partial charge in [-0.25, -0.2) is 4.39 Å². The fraction of sp³-hybridized carbons (Fsp3) is 0.250. The minimum Gasteiger partial charge on any atom is -0.351 e. The van der Waals surface area contributed by atoms with Gasteiger partial charge in [-0.3, -0.25) is 4.79 Å². The van der Waals surface area contributed by atoms with E-state index < -0.39 is 0 Å². The summed E-state index contributed by atoms with van der Waals surface area (Å²) in [6, 6.07) is 13.9. The second-order valence-electron chi connectivity index (χ2n) is 6.39. The first-order valence-corrected chi connectivity index (χ1v) is 8.69. The van der Waals surface area contributed by atoms with Crippen LogP contribution in [0, 0.1) is 5.82 Å². The molecule has 1 amide bonds. The van der Waals surface area contributed by atoms with E-state index in [1.165, 1.54) is 12.1 Å². The summed E-state index contributed by atoms with van der Waals surface area (Å²) in [5.74, 6) is -0.451. The van der Waals surface area contributed by atoms with E-state index in [0.29, 0.717) is 18.8 Å². The van der Waals surface area contributed by atoms with Gasteiger partial charge in [0.05, 0.1) is 0 Å². The summed E-state index contributed by atoms with van der Waals surface area (Å²) in [6.45, 7) is 1.01. The Morgan fingerprint density at radius 3 is 2.43 bits per heavy atom. The first-order chi connectivity index (χ1) is 12.6. The van der Waals surface area contributed by atoms with Crippen LogP contribution in [0.4, 0.5) is 4.39 Å². The number of hydrogen-bond donors (Lipinski definition) is 4. The van der Waals surface area contributed by atoms with Crippen molar-refractivity contribution in [3.8, 4) is 11.1 Å². The average Bonchev–Trinajstić information content (AvgIpc) is 3.08. The van der Waals surface area contributed by atoms with Crippen molar-refractivity contribution in [2.24, 2.45) is 11.5 Å². The van der Waals surface area contributed by atoms with E-state index in [-0.39, 0.29) is 42.6 Å². The summed E-state index contributed by atoms with van der Waals surface area (Å²) in [5, 5.41) is 3.76. The Kier molecular flexibility index (Phi) is 9.41. The number of aromatic nitrogens is 1. The van der Waals surface area contributed by atoms with Crippen molar-refractivity contribution in [3.63, 3.8) is 0 Å². The predicted octanol–water partition coefficient (Wildman–Crippen LogP) is 3.61. The fourth-order valence-corrected chi connectivity index (χ4v) is 2.88. The second kappa shape index (κ2) is 11.0. The lowest BCUT2D eigenvalue weighted by Crippen LogP contribution is -2.37. The maximum Gasteiger partial charge on any atom is 0.267 e. The molecule has 0 unspecified atom stereocenters. The Bertz CT molecular complexity index is 899. The number of nitrogens with one attached hydrogen (secondary N) is 2. The Hall–Kier alpha value is -2.12. The zero-order valence-electron chi connectivity index (χ0n) is 15.3. The van der Waals surface area contributed by atoms with Gasteiger partial charge in [-0.05, 0) is 60.8 Å². The van der Waals surface area contributed by atoms with Crippen molar-refractivity contribution in [2.75, 3.05) is 13.1 Å². The van der Waals surface area contributed by atoms with Crippen molar-refractivity contribution in [3.05, 3.63) is 60.0 Å². The van der Waals surface area contributed by atoms with Crippen LogP contribution in [0.1, 0.15) is 23.3 Å². The lowest BCUT2D eigenvalue weighted by atomic mass is 10.0. The van der Waals surface area contributed by atoms with Crippen LogP contribution in [0.15, 0.2) is 48.5 Å². The number of H-pyrrole nitrogens is 1. The summed E-state index contributed by atoms with van der Waals surface area (Å²) in [4.78, 5) is 15.4. The number of nitrogens with two attached hydrogens (primary N) is 2. The monoisotopic (exact) mass is 426 g/mol. The number of carbonyl (C=O) groups is 1. The molecular formula is C20H25Cl2FN4O. The molecule has 6 N–H and O–H groups in total. The molecule has 3 rings (SSSR count). The summed E-state index contributed by atoms with van der Waals surface area (Å²) in [6.07, 6.45) is 1.63. The average molecular weight is 427 g/mol. The highest BCUT2D eigenvalue weighted by Gasteiger charge is 2.11. The van der Waals surface area contributed by atoms with Gasteiger partial charge in [0.25, 0.3) is 5.91 Å².